The van der Waals surface area contributed by atoms with Crippen molar-refractivity contribution in [2.75, 3.05) is 39.3 Å². The van der Waals surface area contributed by atoms with Gasteiger partial charge in [0, 0.05) is 36.6 Å². The molecule has 2 aromatic rings. The van der Waals surface area contributed by atoms with Gasteiger partial charge in [-0.05, 0) is 38.4 Å². The van der Waals surface area contributed by atoms with Crippen molar-refractivity contribution >= 4 is 17.5 Å². The summed E-state index contributed by atoms with van der Waals surface area (Å²) < 4.78 is 10.5. The molecule has 0 aliphatic carbocycles. The van der Waals surface area contributed by atoms with E-state index in [1.165, 1.54) is 12.3 Å². The number of fused-ring (bicyclic) bond motifs is 1. The minimum Gasteiger partial charge on any atom is -0.454 e. The van der Waals surface area contributed by atoms with Crippen LogP contribution in [0.15, 0.2) is 36.5 Å². The third-order valence-electron chi connectivity index (χ3n) is 3.73. The van der Waals surface area contributed by atoms with E-state index in [1.807, 2.05) is 19.0 Å². The Morgan fingerprint density at radius 3 is 2.73 bits per heavy atom. The second kappa shape index (κ2) is 7.83. The summed E-state index contributed by atoms with van der Waals surface area (Å²) in [5, 5.41) is 5.54. The van der Waals surface area contributed by atoms with Crippen LogP contribution < -0.4 is 20.1 Å². The molecule has 0 bridgehead atoms. The molecule has 2 heterocycles. The summed E-state index contributed by atoms with van der Waals surface area (Å²) in [6.45, 7) is 1.42. The van der Waals surface area contributed by atoms with Crippen LogP contribution in [0.1, 0.15) is 20.8 Å². The standard InChI is InChI=1S/C18H20N4O4/c1-22(2)8-7-20-17(23)12-5-6-19-14(9-12)18(24)21-13-3-4-15-16(10-13)26-11-25-15/h3-6,9-10H,7-8,11H2,1-2H3,(H,20,23)(H,21,24). The van der Waals surface area contributed by atoms with Gasteiger partial charge in [-0.25, -0.2) is 0 Å². The Bertz CT molecular complexity index is 823. The van der Waals surface area contributed by atoms with Crippen LogP contribution in [0.3, 0.4) is 0 Å². The normalized spacial score (nSPS) is 12.1. The number of hydrogen-bond acceptors (Lipinski definition) is 6. The van der Waals surface area contributed by atoms with Gasteiger partial charge in [0.05, 0.1) is 0 Å². The maximum absolute atomic E-state index is 12.4. The van der Waals surface area contributed by atoms with Crippen LogP contribution in [0, 0.1) is 0 Å². The lowest BCUT2D eigenvalue weighted by Crippen LogP contribution is -2.31. The molecule has 3 rings (SSSR count). The molecule has 136 valence electrons. The highest BCUT2D eigenvalue weighted by molar-refractivity contribution is 6.04. The van der Waals surface area contributed by atoms with Crippen LogP contribution in [0.4, 0.5) is 5.69 Å². The molecule has 0 unspecified atom stereocenters. The van der Waals surface area contributed by atoms with E-state index in [2.05, 4.69) is 15.6 Å². The number of carbonyl (C=O) groups excluding carboxylic acids is 2. The van der Waals surface area contributed by atoms with Crippen LogP contribution >= 0.6 is 0 Å². The van der Waals surface area contributed by atoms with E-state index < -0.39 is 5.91 Å². The lowest BCUT2D eigenvalue weighted by molar-refractivity contribution is 0.0951. The highest BCUT2D eigenvalue weighted by Crippen LogP contribution is 2.34. The largest absolute Gasteiger partial charge is 0.454 e. The van der Waals surface area contributed by atoms with Crippen LogP contribution in [0.5, 0.6) is 11.5 Å². The van der Waals surface area contributed by atoms with E-state index in [1.54, 1.807) is 24.3 Å². The van der Waals surface area contributed by atoms with Crippen molar-refractivity contribution in [3.8, 4) is 11.5 Å². The molecule has 0 spiro atoms. The number of rotatable bonds is 6. The van der Waals surface area contributed by atoms with Gasteiger partial charge >= 0.3 is 0 Å². The van der Waals surface area contributed by atoms with Gasteiger partial charge in [-0.2, -0.15) is 0 Å². The summed E-state index contributed by atoms with van der Waals surface area (Å²) in [6, 6.07) is 8.15. The first-order chi connectivity index (χ1) is 12.5. The predicted octanol–water partition coefficient (Wildman–Crippen LogP) is 1.35. The molecule has 0 radical (unpaired) electrons. The first-order valence-corrected chi connectivity index (χ1v) is 8.13. The summed E-state index contributed by atoms with van der Waals surface area (Å²) in [4.78, 5) is 30.6. The van der Waals surface area contributed by atoms with Crippen molar-refractivity contribution in [1.82, 2.24) is 15.2 Å². The summed E-state index contributed by atoms with van der Waals surface area (Å²) in [7, 11) is 3.86. The first kappa shape index (κ1) is 17.7. The fourth-order valence-electron chi connectivity index (χ4n) is 2.36. The Kier molecular flexibility index (Phi) is 5.33. The van der Waals surface area contributed by atoms with Gasteiger partial charge in [-0.3, -0.25) is 14.6 Å². The Balaban J connectivity index is 1.65. The molecule has 26 heavy (non-hydrogen) atoms. The number of benzene rings is 1. The van der Waals surface area contributed by atoms with Crippen molar-refractivity contribution in [3.63, 3.8) is 0 Å². The van der Waals surface area contributed by atoms with Crippen LogP contribution in [0.25, 0.3) is 0 Å². The smallest absolute Gasteiger partial charge is 0.274 e. The molecule has 1 aliphatic heterocycles. The Labute approximate surface area is 151 Å². The summed E-state index contributed by atoms with van der Waals surface area (Å²) >= 11 is 0. The van der Waals surface area contributed by atoms with Crippen molar-refractivity contribution < 1.29 is 19.1 Å². The molecule has 2 N–H and O–H groups in total. The van der Waals surface area contributed by atoms with E-state index in [0.717, 1.165) is 6.54 Å². The molecule has 1 aliphatic rings. The molecule has 0 fully saturated rings. The number of aromatic nitrogens is 1. The lowest BCUT2D eigenvalue weighted by atomic mass is 10.2. The number of ether oxygens (including phenoxy) is 2. The molecule has 2 amide bonds. The fourth-order valence-corrected chi connectivity index (χ4v) is 2.36. The SMILES string of the molecule is CN(C)CCNC(=O)c1ccnc(C(=O)Nc2ccc3c(c2)OCO3)c1. The van der Waals surface area contributed by atoms with E-state index in [-0.39, 0.29) is 18.4 Å². The Hall–Kier alpha value is -3.13. The summed E-state index contributed by atoms with van der Waals surface area (Å²) in [6.07, 6.45) is 1.44. The molecule has 1 aromatic carbocycles. The average molecular weight is 356 g/mol. The number of carbonyl (C=O) groups is 2. The third-order valence-corrected chi connectivity index (χ3v) is 3.73. The van der Waals surface area contributed by atoms with Crippen LogP contribution in [-0.2, 0) is 0 Å². The average Bonchev–Trinajstić information content (AvgIpc) is 3.09. The lowest BCUT2D eigenvalue weighted by Gasteiger charge is -2.11. The monoisotopic (exact) mass is 356 g/mol. The van der Waals surface area contributed by atoms with Gasteiger partial charge in [-0.1, -0.05) is 0 Å². The maximum atomic E-state index is 12.4. The number of nitrogens with one attached hydrogen (secondary N) is 2. The highest BCUT2D eigenvalue weighted by Gasteiger charge is 2.16. The topological polar surface area (TPSA) is 92.8 Å². The zero-order valence-corrected chi connectivity index (χ0v) is 14.6. The predicted molar refractivity (Wildman–Crippen MR) is 95.6 cm³/mol. The Morgan fingerprint density at radius 2 is 1.92 bits per heavy atom. The maximum Gasteiger partial charge on any atom is 0.274 e. The number of likely N-dealkylation sites (N-methyl/N-ethyl adjacent to an activating group) is 1. The van der Waals surface area contributed by atoms with E-state index >= 15 is 0 Å². The number of nitrogens with zero attached hydrogens (tertiary/aromatic N) is 2. The van der Waals surface area contributed by atoms with E-state index in [4.69, 9.17) is 9.47 Å². The third kappa shape index (κ3) is 4.28. The molecule has 8 nitrogen and oxygen atoms in total. The Morgan fingerprint density at radius 1 is 1.12 bits per heavy atom. The molecule has 8 heteroatoms. The number of amides is 2. The van der Waals surface area contributed by atoms with Crippen molar-refractivity contribution in [1.29, 1.82) is 0 Å². The molecule has 0 saturated carbocycles. The first-order valence-electron chi connectivity index (χ1n) is 8.13. The van der Waals surface area contributed by atoms with Crippen molar-refractivity contribution in [3.05, 3.63) is 47.8 Å². The van der Waals surface area contributed by atoms with E-state index in [0.29, 0.717) is 29.3 Å². The van der Waals surface area contributed by atoms with Gasteiger partial charge in [-0.15, -0.1) is 0 Å². The molecule has 0 saturated heterocycles. The van der Waals surface area contributed by atoms with Gasteiger partial charge in [0.15, 0.2) is 11.5 Å². The summed E-state index contributed by atoms with van der Waals surface area (Å²) in [5.41, 5.74) is 1.10. The minimum absolute atomic E-state index is 0.155. The molecule has 0 atom stereocenters. The van der Waals surface area contributed by atoms with Gasteiger partial charge in [0.2, 0.25) is 6.79 Å². The fraction of sp³-hybridized carbons (Fsp3) is 0.278. The van der Waals surface area contributed by atoms with E-state index in [9.17, 15) is 9.59 Å². The summed E-state index contributed by atoms with van der Waals surface area (Å²) in [5.74, 6) is 0.556. The van der Waals surface area contributed by atoms with Crippen LogP contribution in [0.2, 0.25) is 0 Å². The second-order valence-electron chi connectivity index (χ2n) is 6.01. The molecular weight excluding hydrogens is 336 g/mol. The van der Waals surface area contributed by atoms with Gasteiger partial charge in [0.25, 0.3) is 11.8 Å². The zero-order chi connectivity index (χ0) is 18.5. The minimum atomic E-state index is -0.410. The molecular formula is C18H20N4O4. The number of pyridine rings is 1. The van der Waals surface area contributed by atoms with Crippen LogP contribution in [-0.4, -0.2) is 55.7 Å². The highest BCUT2D eigenvalue weighted by atomic mass is 16.7. The number of hydrogen-bond donors (Lipinski definition) is 2. The molecule has 1 aromatic heterocycles. The quantitative estimate of drug-likeness (QED) is 0.812. The zero-order valence-electron chi connectivity index (χ0n) is 14.6. The number of anilines is 1. The van der Waals surface area contributed by atoms with Crippen molar-refractivity contribution in [2.45, 2.75) is 0 Å². The van der Waals surface area contributed by atoms with Crippen molar-refractivity contribution in [2.24, 2.45) is 0 Å². The second-order valence-corrected chi connectivity index (χ2v) is 6.01. The van der Waals surface area contributed by atoms with Gasteiger partial charge in [0.1, 0.15) is 5.69 Å². The van der Waals surface area contributed by atoms with Gasteiger partial charge < -0.3 is 25.0 Å².